The van der Waals surface area contributed by atoms with E-state index in [2.05, 4.69) is 39.8 Å². The molecule has 0 bridgehead atoms. The average Bonchev–Trinajstić information content (AvgIpc) is 3.08. The second-order valence-corrected chi connectivity index (χ2v) is 6.19. The Hall–Kier alpha value is -1.75. The predicted octanol–water partition coefficient (Wildman–Crippen LogP) is 3.35. The first-order valence-electron chi connectivity index (χ1n) is 8.03. The fraction of sp³-hybridized carbons (Fsp3) is 0.316. The molecule has 1 aliphatic rings. The molecule has 1 saturated heterocycles. The van der Waals surface area contributed by atoms with Crippen molar-refractivity contribution in [2.45, 2.75) is 12.5 Å². The fourth-order valence-electron chi connectivity index (χ4n) is 2.84. The van der Waals surface area contributed by atoms with Gasteiger partial charge in [-0.3, -0.25) is 4.79 Å². The fourth-order valence-corrected chi connectivity index (χ4v) is 2.84. The summed E-state index contributed by atoms with van der Waals surface area (Å²) in [5, 5.41) is 6.35. The number of nitrogens with zero attached hydrogens (tertiary/aromatic N) is 1. The summed E-state index contributed by atoms with van der Waals surface area (Å²) in [6.07, 6.45) is 0.997. The van der Waals surface area contributed by atoms with Gasteiger partial charge in [0.1, 0.15) is 0 Å². The lowest BCUT2D eigenvalue weighted by atomic mass is 10.0. The van der Waals surface area contributed by atoms with Gasteiger partial charge in [0.15, 0.2) is 0 Å². The van der Waals surface area contributed by atoms with Crippen LogP contribution in [0.25, 0.3) is 11.1 Å². The lowest BCUT2D eigenvalue weighted by Gasteiger charge is -2.14. The van der Waals surface area contributed by atoms with Gasteiger partial charge in [0, 0.05) is 37.9 Å². The molecule has 2 aromatic rings. The molecule has 2 N–H and O–H groups in total. The molecule has 0 saturated carbocycles. The molecule has 0 radical (unpaired) electrons. The third kappa shape index (κ3) is 5.36. The van der Waals surface area contributed by atoms with Crippen LogP contribution >= 0.6 is 24.8 Å². The highest BCUT2D eigenvalue weighted by molar-refractivity contribution is 5.95. The number of hydrogen-bond acceptors (Lipinski definition) is 3. The third-order valence-corrected chi connectivity index (χ3v) is 4.24. The van der Waals surface area contributed by atoms with Crippen molar-refractivity contribution in [3.05, 3.63) is 54.1 Å². The van der Waals surface area contributed by atoms with E-state index >= 15 is 0 Å². The highest BCUT2D eigenvalue weighted by Crippen LogP contribution is 2.23. The summed E-state index contributed by atoms with van der Waals surface area (Å²) in [5.41, 5.74) is 4.06. The zero-order valence-corrected chi connectivity index (χ0v) is 16.1. The number of hydrogen-bond donors (Lipinski definition) is 2. The SMILES string of the molecule is CN(C)c1ccc(-c2cccc(C(=O)NC3CCNC3)c2)cc1.Cl.Cl. The number of amides is 1. The first kappa shape index (κ1) is 21.3. The molecule has 2 aromatic carbocycles. The minimum Gasteiger partial charge on any atom is -0.378 e. The normalized spacial score (nSPS) is 15.7. The van der Waals surface area contributed by atoms with Crippen molar-refractivity contribution in [1.82, 2.24) is 10.6 Å². The molecule has 1 atom stereocenters. The maximum Gasteiger partial charge on any atom is 0.251 e. The van der Waals surface area contributed by atoms with Crippen molar-refractivity contribution >= 4 is 36.4 Å². The summed E-state index contributed by atoms with van der Waals surface area (Å²) >= 11 is 0. The van der Waals surface area contributed by atoms with Gasteiger partial charge in [0.2, 0.25) is 0 Å². The molecular weight excluding hydrogens is 357 g/mol. The minimum atomic E-state index is 0. The van der Waals surface area contributed by atoms with Gasteiger partial charge in [-0.15, -0.1) is 24.8 Å². The van der Waals surface area contributed by atoms with Crippen LogP contribution in [-0.4, -0.2) is 39.1 Å². The lowest BCUT2D eigenvalue weighted by molar-refractivity contribution is 0.0940. The molecule has 1 aliphatic heterocycles. The molecule has 1 unspecified atom stereocenters. The van der Waals surface area contributed by atoms with Gasteiger partial charge in [-0.05, 0) is 48.4 Å². The number of anilines is 1. The summed E-state index contributed by atoms with van der Waals surface area (Å²) < 4.78 is 0. The van der Waals surface area contributed by atoms with Crippen molar-refractivity contribution in [3.63, 3.8) is 0 Å². The van der Waals surface area contributed by atoms with Gasteiger partial charge in [-0.1, -0.05) is 24.3 Å². The van der Waals surface area contributed by atoms with Crippen molar-refractivity contribution in [2.24, 2.45) is 0 Å². The van der Waals surface area contributed by atoms with E-state index in [4.69, 9.17) is 0 Å². The highest BCUT2D eigenvalue weighted by atomic mass is 35.5. The summed E-state index contributed by atoms with van der Waals surface area (Å²) in [4.78, 5) is 14.5. The van der Waals surface area contributed by atoms with E-state index < -0.39 is 0 Å². The van der Waals surface area contributed by atoms with Gasteiger partial charge < -0.3 is 15.5 Å². The summed E-state index contributed by atoms with van der Waals surface area (Å²) in [7, 11) is 4.05. The van der Waals surface area contributed by atoms with Crippen molar-refractivity contribution in [2.75, 3.05) is 32.1 Å². The molecule has 0 aliphatic carbocycles. The van der Waals surface area contributed by atoms with E-state index in [1.54, 1.807) is 0 Å². The van der Waals surface area contributed by atoms with Crippen LogP contribution in [0.15, 0.2) is 48.5 Å². The van der Waals surface area contributed by atoms with Crippen molar-refractivity contribution in [3.8, 4) is 11.1 Å². The van der Waals surface area contributed by atoms with E-state index in [9.17, 15) is 4.79 Å². The van der Waals surface area contributed by atoms with Gasteiger partial charge in [0.05, 0.1) is 0 Å². The summed E-state index contributed by atoms with van der Waals surface area (Å²) in [6, 6.07) is 16.4. The van der Waals surface area contributed by atoms with Crippen LogP contribution in [0, 0.1) is 0 Å². The standard InChI is InChI=1S/C19H23N3O.2ClH/c1-22(2)18-8-6-14(7-9-18)15-4-3-5-16(12-15)19(23)21-17-10-11-20-13-17;;/h3-9,12,17,20H,10-11,13H2,1-2H3,(H,21,23);2*1H. The first-order valence-corrected chi connectivity index (χ1v) is 8.03. The Morgan fingerprint density at radius 3 is 2.40 bits per heavy atom. The number of benzene rings is 2. The number of halogens is 2. The van der Waals surface area contributed by atoms with Crippen LogP contribution in [0.1, 0.15) is 16.8 Å². The summed E-state index contributed by atoms with van der Waals surface area (Å²) in [6.45, 7) is 1.83. The second kappa shape index (κ2) is 9.66. The van der Waals surface area contributed by atoms with Crippen LogP contribution in [-0.2, 0) is 0 Å². The number of carbonyl (C=O) groups excluding carboxylic acids is 1. The molecule has 1 heterocycles. The molecule has 4 nitrogen and oxygen atoms in total. The minimum absolute atomic E-state index is 0. The molecule has 1 amide bonds. The highest BCUT2D eigenvalue weighted by Gasteiger charge is 2.17. The molecule has 136 valence electrons. The Balaban J connectivity index is 0.00000156. The van der Waals surface area contributed by atoms with Gasteiger partial charge in [-0.25, -0.2) is 0 Å². The maximum atomic E-state index is 12.4. The molecule has 3 rings (SSSR count). The lowest BCUT2D eigenvalue weighted by Crippen LogP contribution is -2.36. The summed E-state index contributed by atoms with van der Waals surface area (Å²) in [5.74, 6) is 0.00506. The van der Waals surface area contributed by atoms with E-state index in [0.717, 1.165) is 36.3 Å². The smallest absolute Gasteiger partial charge is 0.251 e. The monoisotopic (exact) mass is 381 g/mol. The Morgan fingerprint density at radius 2 is 1.80 bits per heavy atom. The van der Waals surface area contributed by atoms with Crippen LogP contribution < -0.4 is 15.5 Å². The van der Waals surface area contributed by atoms with Crippen molar-refractivity contribution in [1.29, 1.82) is 0 Å². The number of carbonyl (C=O) groups is 1. The predicted molar refractivity (Wildman–Crippen MR) is 109 cm³/mol. The van der Waals surface area contributed by atoms with Crippen LogP contribution in [0.3, 0.4) is 0 Å². The molecule has 0 spiro atoms. The topological polar surface area (TPSA) is 44.4 Å². The largest absolute Gasteiger partial charge is 0.378 e. The Morgan fingerprint density at radius 1 is 1.08 bits per heavy atom. The van der Waals surface area contributed by atoms with E-state index in [1.165, 1.54) is 0 Å². The second-order valence-electron chi connectivity index (χ2n) is 6.19. The van der Waals surface area contributed by atoms with Crippen molar-refractivity contribution < 1.29 is 4.79 Å². The van der Waals surface area contributed by atoms with E-state index in [0.29, 0.717) is 5.56 Å². The zero-order valence-electron chi connectivity index (χ0n) is 14.5. The maximum absolute atomic E-state index is 12.4. The van der Waals surface area contributed by atoms with Crippen LogP contribution in [0.5, 0.6) is 0 Å². The van der Waals surface area contributed by atoms with Crippen LogP contribution in [0.4, 0.5) is 5.69 Å². The van der Waals surface area contributed by atoms with Crippen LogP contribution in [0.2, 0.25) is 0 Å². The van der Waals surface area contributed by atoms with Gasteiger partial charge >= 0.3 is 0 Å². The number of nitrogens with one attached hydrogen (secondary N) is 2. The Bertz CT molecular complexity index is 683. The van der Waals surface area contributed by atoms with E-state index in [-0.39, 0.29) is 36.8 Å². The Kier molecular flexibility index (Phi) is 8.23. The Labute approximate surface area is 161 Å². The van der Waals surface area contributed by atoms with Gasteiger partial charge in [-0.2, -0.15) is 0 Å². The first-order chi connectivity index (χ1) is 11.1. The molecule has 0 aromatic heterocycles. The number of rotatable bonds is 4. The average molecular weight is 382 g/mol. The zero-order chi connectivity index (χ0) is 16.2. The molecule has 25 heavy (non-hydrogen) atoms. The van der Waals surface area contributed by atoms with E-state index in [1.807, 2.05) is 38.4 Å². The van der Waals surface area contributed by atoms with Gasteiger partial charge in [0.25, 0.3) is 5.91 Å². The third-order valence-electron chi connectivity index (χ3n) is 4.24. The molecular formula is C19H25Cl2N3O. The molecule has 6 heteroatoms. The quantitative estimate of drug-likeness (QED) is 0.853. The molecule has 1 fully saturated rings.